The average Bonchev–Trinajstić information content (AvgIpc) is 2.77. The van der Waals surface area contributed by atoms with E-state index in [1.165, 1.54) is 30.3 Å². The Kier molecular flexibility index (Phi) is 4.24. The van der Waals surface area contributed by atoms with Crippen LogP contribution >= 0.6 is 11.6 Å². The van der Waals surface area contributed by atoms with Crippen molar-refractivity contribution in [1.82, 2.24) is 14.8 Å². The molecule has 2 aromatic heterocycles. The third kappa shape index (κ3) is 2.80. The summed E-state index contributed by atoms with van der Waals surface area (Å²) in [4.78, 5) is 15.9. The fraction of sp³-hybridized carbons (Fsp3) is 0.250. The number of ketones is 1. The van der Waals surface area contributed by atoms with Gasteiger partial charge in [0.05, 0.1) is 36.1 Å². The molecule has 0 saturated heterocycles. The van der Waals surface area contributed by atoms with Gasteiger partial charge in [-0.2, -0.15) is 5.10 Å². The van der Waals surface area contributed by atoms with Crippen molar-refractivity contribution in [3.05, 3.63) is 46.8 Å². The third-order valence-corrected chi connectivity index (χ3v) is 2.81. The van der Waals surface area contributed by atoms with Crippen molar-refractivity contribution in [3.63, 3.8) is 0 Å². The van der Waals surface area contributed by atoms with Gasteiger partial charge in [-0.3, -0.25) is 14.5 Å². The van der Waals surface area contributed by atoms with Gasteiger partial charge in [0.1, 0.15) is 5.69 Å². The van der Waals surface area contributed by atoms with Crippen LogP contribution < -0.4 is 0 Å². The van der Waals surface area contributed by atoms with E-state index in [2.05, 4.69) is 10.1 Å². The van der Waals surface area contributed by atoms with Gasteiger partial charge in [0.25, 0.3) is 0 Å². The van der Waals surface area contributed by atoms with Gasteiger partial charge in [-0.05, 0) is 6.07 Å². The van der Waals surface area contributed by atoms with Crippen molar-refractivity contribution in [2.45, 2.75) is 6.54 Å². The Hall–Kier alpha value is -1.79. The molecule has 100 valence electrons. The van der Waals surface area contributed by atoms with E-state index in [1.54, 1.807) is 0 Å². The van der Waals surface area contributed by atoms with Gasteiger partial charge >= 0.3 is 0 Å². The number of rotatable bonds is 5. The molecule has 0 spiro atoms. The van der Waals surface area contributed by atoms with Crippen molar-refractivity contribution >= 4 is 17.4 Å². The van der Waals surface area contributed by atoms with Crippen LogP contribution in [0.4, 0.5) is 4.39 Å². The van der Waals surface area contributed by atoms with Gasteiger partial charge in [0, 0.05) is 13.3 Å². The summed E-state index contributed by atoms with van der Waals surface area (Å²) in [5.74, 6) is -1.22. The number of hydrogen-bond acceptors (Lipinski definition) is 4. The first-order valence-electron chi connectivity index (χ1n) is 5.49. The van der Waals surface area contributed by atoms with Crippen molar-refractivity contribution in [2.24, 2.45) is 0 Å². The maximum atomic E-state index is 13.6. The molecule has 0 fully saturated rings. The second kappa shape index (κ2) is 5.90. The predicted molar refractivity (Wildman–Crippen MR) is 66.7 cm³/mol. The number of nitrogens with zero attached hydrogens (tertiary/aromatic N) is 3. The zero-order valence-corrected chi connectivity index (χ0v) is 10.9. The fourth-order valence-corrected chi connectivity index (χ4v) is 1.85. The number of pyridine rings is 1. The van der Waals surface area contributed by atoms with E-state index < -0.39 is 11.6 Å². The first-order valence-corrected chi connectivity index (χ1v) is 5.87. The average molecular weight is 284 g/mol. The van der Waals surface area contributed by atoms with Gasteiger partial charge < -0.3 is 4.74 Å². The summed E-state index contributed by atoms with van der Waals surface area (Å²) in [6.07, 6.45) is 3.68. The first-order chi connectivity index (χ1) is 9.15. The molecule has 2 rings (SSSR count). The van der Waals surface area contributed by atoms with Crippen LogP contribution in [-0.2, 0) is 11.3 Å². The van der Waals surface area contributed by atoms with Gasteiger partial charge in [-0.25, -0.2) is 4.39 Å². The Morgan fingerprint density at radius 2 is 2.32 bits per heavy atom. The molecule has 0 bridgehead atoms. The normalized spacial score (nSPS) is 10.7. The van der Waals surface area contributed by atoms with E-state index in [0.29, 0.717) is 13.2 Å². The molecular weight excluding hydrogens is 273 g/mol. The highest BCUT2D eigenvalue weighted by Gasteiger charge is 2.21. The van der Waals surface area contributed by atoms with Crippen molar-refractivity contribution < 1.29 is 13.9 Å². The van der Waals surface area contributed by atoms with E-state index in [0.717, 1.165) is 6.20 Å². The van der Waals surface area contributed by atoms with Crippen LogP contribution in [0.15, 0.2) is 24.7 Å². The number of hydrogen-bond donors (Lipinski definition) is 0. The molecule has 5 nitrogen and oxygen atoms in total. The van der Waals surface area contributed by atoms with Crippen LogP contribution in [0, 0.1) is 5.82 Å². The van der Waals surface area contributed by atoms with Crippen molar-refractivity contribution in [2.75, 3.05) is 13.7 Å². The first kappa shape index (κ1) is 13.6. The maximum absolute atomic E-state index is 13.6. The number of aromatic nitrogens is 3. The number of carbonyl (C=O) groups is 1. The Bertz CT molecular complexity index is 600. The molecular formula is C12H11ClFN3O2. The molecule has 2 aromatic rings. The molecule has 0 amide bonds. The number of halogens is 2. The zero-order valence-electron chi connectivity index (χ0n) is 10.1. The monoisotopic (exact) mass is 283 g/mol. The molecule has 7 heteroatoms. The molecule has 19 heavy (non-hydrogen) atoms. The molecule has 0 aliphatic rings. The Morgan fingerprint density at radius 3 is 3.00 bits per heavy atom. The van der Waals surface area contributed by atoms with Crippen molar-refractivity contribution in [1.29, 1.82) is 0 Å². The van der Waals surface area contributed by atoms with Gasteiger partial charge in [-0.1, -0.05) is 11.6 Å². The smallest absolute Gasteiger partial charge is 0.215 e. The largest absolute Gasteiger partial charge is 0.383 e. The number of carbonyl (C=O) groups excluding carboxylic acids is 1. The predicted octanol–water partition coefficient (Wildman–Crippen LogP) is 1.95. The molecule has 0 aromatic carbocycles. The lowest BCUT2D eigenvalue weighted by atomic mass is 10.1. The molecule has 2 heterocycles. The number of ether oxygens (including phenoxy) is 1. The highest BCUT2D eigenvalue weighted by molar-refractivity contribution is 6.34. The highest BCUT2D eigenvalue weighted by Crippen LogP contribution is 2.20. The van der Waals surface area contributed by atoms with E-state index in [9.17, 15) is 9.18 Å². The highest BCUT2D eigenvalue weighted by atomic mass is 35.5. The maximum Gasteiger partial charge on any atom is 0.215 e. The molecule has 0 aliphatic carbocycles. The molecule has 0 aliphatic heterocycles. The lowest BCUT2D eigenvalue weighted by Crippen LogP contribution is -2.15. The van der Waals surface area contributed by atoms with Crippen LogP contribution in [0.2, 0.25) is 5.02 Å². The standard InChI is InChI=1S/C12H11ClFN3O2/c1-19-5-4-17-11(9(13)6-16-17)12(18)8-2-3-15-7-10(8)14/h2-3,6-7H,4-5H2,1H3. The van der Waals surface area contributed by atoms with E-state index in [4.69, 9.17) is 16.3 Å². The van der Waals surface area contributed by atoms with Crippen LogP contribution in [0.25, 0.3) is 0 Å². The van der Waals surface area contributed by atoms with Gasteiger partial charge in [0.2, 0.25) is 5.78 Å². The molecule has 0 N–H and O–H groups in total. The molecule has 0 saturated carbocycles. The molecule has 0 unspecified atom stereocenters. The summed E-state index contributed by atoms with van der Waals surface area (Å²) in [6.45, 7) is 0.730. The Balaban J connectivity index is 2.39. The Labute approximate surface area is 114 Å². The minimum atomic E-state index is -0.692. The minimum Gasteiger partial charge on any atom is -0.383 e. The third-order valence-electron chi connectivity index (χ3n) is 2.53. The van der Waals surface area contributed by atoms with Crippen LogP contribution in [0.1, 0.15) is 16.1 Å². The Morgan fingerprint density at radius 1 is 1.53 bits per heavy atom. The summed E-state index contributed by atoms with van der Waals surface area (Å²) in [5.41, 5.74) is 0.0554. The summed E-state index contributed by atoms with van der Waals surface area (Å²) >= 11 is 5.94. The summed E-state index contributed by atoms with van der Waals surface area (Å²) in [6, 6.07) is 1.31. The second-order valence-electron chi connectivity index (χ2n) is 3.74. The lowest BCUT2D eigenvalue weighted by Gasteiger charge is -2.07. The molecule has 0 radical (unpaired) electrons. The SMILES string of the molecule is COCCn1ncc(Cl)c1C(=O)c1ccncc1F. The quantitative estimate of drug-likeness (QED) is 0.787. The van der Waals surface area contributed by atoms with Gasteiger partial charge in [-0.15, -0.1) is 0 Å². The number of methoxy groups -OCH3 is 1. The van der Waals surface area contributed by atoms with Crippen LogP contribution in [0.3, 0.4) is 0 Å². The lowest BCUT2D eigenvalue weighted by molar-refractivity contribution is 0.102. The van der Waals surface area contributed by atoms with Crippen LogP contribution in [0.5, 0.6) is 0 Å². The summed E-state index contributed by atoms with van der Waals surface area (Å²) in [7, 11) is 1.54. The van der Waals surface area contributed by atoms with E-state index >= 15 is 0 Å². The fourth-order valence-electron chi connectivity index (χ4n) is 1.62. The topological polar surface area (TPSA) is 57.0 Å². The minimum absolute atomic E-state index is 0.0870. The van der Waals surface area contributed by atoms with E-state index in [-0.39, 0.29) is 16.3 Å². The van der Waals surface area contributed by atoms with Crippen LogP contribution in [-0.4, -0.2) is 34.3 Å². The molecule has 0 atom stereocenters. The summed E-state index contributed by atoms with van der Waals surface area (Å²) in [5, 5.41) is 4.15. The van der Waals surface area contributed by atoms with Crippen molar-refractivity contribution in [3.8, 4) is 0 Å². The zero-order chi connectivity index (χ0) is 13.8. The second-order valence-corrected chi connectivity index (χ2v) is 4.15. The summed E-state index contributed by atoms with van der Waals surface area (Å²) < 4.78 is 19.9. The van der Waals surface area contributed by atoms with Gasteiger partial charge in [0.15, 0.2) is 5.82 Å². The van der Waals surface area contributed by atoms with E-state index in [1.807, 2.05) is 0 Å².